The number of thiophene rings is 1. The number of likely N-dealkylation sites (N-methyl/N-ethyl adjacent to an activating group) is 1. The van der Waals surface area contributed by atoms with Crippen LogP contribution in [0.1, 0.15) is 11.6 Å². The van der Waals surface area contributed by atoms with Gasteiger partial charge in [0.1, 0.15) is 5.82 Å². The maximum atomic E-state index is 12.9. The highest BCUT2D eigenvalue weighted by molar-refractivity contribution is 7.07. The van der Waals surface area contributed by atoms with Crippen molar-refractivity contribution in [3.05, 3.63) is 52.5 Å². The van der Waals surface area contributed by atoms with E-state index in [0.717, 1.165) is 26.2 Å². The van der Waals surface area contributed by atoms with Crippen LogP contribution in [0.2, 0.25) is 0 Å². The summed E-state index contributed by atoms with van der Waals surface area (Å²) >= 11 is 1.67. The van der Waals surface area contributed by atoms with Gasteiger partial charge in [0.15, 0.2) is 0 Å². The molecule has 2 amide bonds. The molecule has 1 atom stereocenters. The monoisotopic (exact) mass is 362 g/mol. The van der Waals surface area contributed by atoms with Crippen molar-refractivity contribution in [2.75, 3.05) is 45.1 Å². The first kappa shape index (κ1) is 17.8. The molecule has 0 radical (unpaired) electrons. The second kappa shape index (κ2) is 8.42. The molecule has 0 unspecified atom stereocenters. The molecule has 1 aliphatic heterocycles. The predicted molar refractivity (Wildman–Crippen MR) is 99.6 cm³/mol. The van der Waals surface area contributed by atoms with Gasteiger partial charge in [0.25, 0.3) is 0 Å². The van der Waals surface area contributed by atoms with Gasteiger partial charge in [0.05, 0.1) is 6.04 Å². The summed E-state index contributed by atoms with van der Waals surface area (Å²) in [7, 11) is 2.13. The standard InChI is InChI=1S/C18H23FN4OS/c1-22-7-9-23(10-8-22)17(14-6-11-25-13-14)12-20-18(24)21-16-4-2-15(19)3-5-16/h2-6,11,13,17H,7-10,12H2,1H3,(H2,20,21,24)/t17-/m0/s1. The molecule has 0 spiro atoms. The van der Waals surface area contributed by atoms with Crippen LogP contribution in [0.25, 0.3) is 0 Å². The van der Waals surface area contributed by atoms with Crippen molar-refractivity contribution >= 4 is 23.1 Å². The van der Waals surface area contributed by atoms with Crippen LogP contribution >= 0.6 is 11.3 Å². The van der Waals surface area contributed by atoms with Gasteiger partial charge in [-0.05, 0) is 53.7 Å². The normalized spacial score (nSPS) is 17.2. The summed E-state index contributed by atoms with van der Waals surface area (Å²) in [6.45, 7) is 4.56. The van der Waals surface area contributed by atoms with Gasteiger partial charge in [-0.3, -0.25) is 4.90 Å². The lowest BCUT2D eigenvalue weighted by Gasteiger charge is -2.37. The second-order valence-electron chi connectivity index (χ2n) is 6.25. The molecule has 3 rings (SSSR count). The Morgan fingerprint density at radius 3 is 2.56 bits per heavy atom. The van der Waals surface area contributed by atoms with Crippen molar-refractivity contribution in [2.24, 2.45) is 0 Å². The molecular formula is C18H23FN4OS. The molecule has 1 aromatic heterocycles. The lowest BCUT2D eigenvalue weighted by molar-refractivity contribution is 0.111. The fourth-order valence-electron chi connectivity index (χ4n) is 2.95. The lowest BCUT2D eigenvalue weighted by Crippen LogP contribution is -2.48. The van der Waals surface area contributed by atoms with Crippen LogP contribution in [0.5, 0.6) is 0 Å². The first-order valence-corrected chi connectivity index (χ1v) is 9.31. The van der Waals surface area contributed by atoms with E-state index in [0.29, 0.717) is 12.2 Å². The topological polar surface area (TPSA) is 47.6 Å². The fourth-order valence-corrected chi connectivity index (χ4v) is 3.66. The molecule has 2 aromatic rings. The number of hydrogen-bond acceptors (Lipinski definition) is 4. The number of rotatable bonds is 5. The summed E-state index contributed by atoms with van der Waals surface area (Å²) in [5, 5.41) is 9.89. The van der Waals surface area contributed by atoms with Crippen LogP contribution in [-0.4, -0.2) is 55.6 Å². The number of nitrogens with zero attached hydrogens (tertiary/aromatic N) is 2. The molecule has 0 aliphatic carbocycles. The smallest absolute Gasteiger partial charge is 0.319 e. The Morgan fingerprint density at radius 1 is 1.20 bits per heavy atom. The first-order valence-electron chi connectivity index (χ1n) is 8.37. The van der Waals surface area contributed by atoms with Crippen molar-refractivity contribution in [3.63, 3.8) is 0 Å². The maximum Gasteiger partial charge on any atom is 0.319 e. The second-order valence-corrected chi connectivity index (χ2v) is 7.03. The molecule has 2 N–H and O–H groups in total. The van der Waals surface area contributed by atoms with E-state index in [2.05, 4.69) is 44.3 Å². The minimum absolute atomic E-state index is 0.166. The van der Waals surface area contributed by atoms with Crippen molar-refractivity contribution in [1.82, 2.24) is 15.1 Å². The number of anilines is 1. The summed E-state index contributed by atoms with van der Waals surface area (Å²) in [6, 6.07) is 7.76. The average molecular weight is 362 g/mol. The Labute approximate surface area is 151 Å². The molecule has 1 aliphatic rings. The third-order valence-corrected chi connectivity index (χ3v) is 5.17. The Morgan fingerprint density at radius 2 is 1.92 bits per heavy atom. The van der Waals surface area contributed by atoms with Crippen LogP contribution in [0, 0.1) is 5.82 Å². The number of amides is 2. The first-order chi connectivity index (χ1) is 12.1. The molecule has 25 heavy (non-hydrogen) atoms. The summed E-state index contributed by atoms with van der Waals surface area (Å²) in [4.78, 5) is 16.9. The van der Waals surface area contributed by atoms with Gasteiger partial charge in [-0.15, -0.1) is 0 Å². The molecule has 134 valence electrons. The van der Waals surface area contributed by atoms with Gasteiger partial charge in [0.2, 0.25) is 0 Å². The number of nitrogens with one attached hydrogen (secondary N) is 2. The molecule has 1 saturated heterocycles. The molecule has 1 aromatic carbocycles. The predicted octanol–water partition coefficient (Wildman–Crippen LogP) is 3.00. The number of urea groups is 1. The van der Waals surface area contributed by atoms with Crippen molar-refractivity contribution < 1.29 is 9.18 Å². The van der Waals surface area contributed by atoms with E-state index in [4.69, 9.17) is 0 Å². The highest BCUT2D eigenvalue weighted by Gasteiger charge is 2.24. The van der Waals surface area contributed by atoms with Gasteiger partial charge < -0.3 is 15.5 Å². The van der Waals surface area contributed by atoms with E-state index in [1.807, 2.05) is 0 Å². The van der Waals surface area contributed by atoms with Crippen LogP contribution in [0.4, 0.5) is 14.9 Å². The minimum Gasteiger partial charge on any atom is -0.336 e. The SMILES string of the molecule is CN1CCN([C@@H](CNC(=O)Nc2ccc(F)cc2)c2ccsc2)CC1. The number of benzene rings is 1. The highest BCUT2D eigenvalue weighted by atomic mass is 32.1. The third-order valence-electron chi connectivity index (χ3n) is 4.46. The Hall–Kier alpha value is -1.96. The van der Waals surface area contributed by atoms with Gasteiger partial charge in [-0.25, -0.2) is 9.18 Å². The van der Waals surface area contributed by atoms with Gasteiger partial charge in [-0.1, -0.05) is 0 Å². The minimum atomic E-state index is -0.321. The summed E-state index contributed by atoms with van der Waals surface area (Å²) in [5.41, 5.74) is 1.81. The average Bonchev–Trinajstić information content (AvgIpc) is 3.13. The Balaban J connectivity index is 1.58. The van der Waals surface area contributed by atoms with Crippen LogP contribution in [0.15, 0.2) is 41.1 Å². The molecular weight excluding hydrogens is 339 g/mol. The van der Waals surface area contributed by atoms with Gasteiger partial charge in [-0.2, -0.15) is 11.3 Å². The zero-order valence-electron chi connectivity index (χ0n) is 14.2. The third kappa shape index (κ3) is 5.01. The largest absolute Gasteiger partial charge is 0.336 e. The summed E-state index contributed by atoms with van der Waals surface area (Å²) < 4.78 is 12.9. The summed E-state index contributed by atoms with van der Waals surface area (Å²) in [6.07, 6.45) is 0. The van der Waals surface area contributed by atoms with Crippen molar-refractivity contribution in [2.45, 2.75) is 6.04 Å². The van der Waals surface area contributed by atoms with E-state index >= 15 is 0 Å². The number of halogens is 1. The number of hydrogen-bond donors (Lipinski definition) is 2. The van der Waals surface area contributed by atoms with E-state index < -0.39 is 0 Å². The Kier molecular flexibility index (Phi) is 6.01. The van der Waals surface area contributed by atoms with E-state index in [1.165, 1.54) is 17.7 Å². The van der Waals surface area contributed by atoms with Crippen molar-refractivity contribution in [1.29, 1.82) is 0 Å². The molecule has 0 saturated carbocycles. The number of carbonyl (C=O) groups excluding carboxylic acids is 1. The lowest BCUT2D eigenvalue weighted by atomic mass is 10.1. The van der Waals surface area contributed by atoms with Crippen LogP contribution in [0.3, 0.4) is 0 Å². The molecule has 2 heterocycles. The number of piperazine rings is 1. The zero-order chi connectivity index (χ0) is 17.6. The van der Waals surface area contributed by atoms with E-state index in [-0.39, 0.29) is 17.9 Å². The zero-order valence-corrected chi connectivity index (χ0v) is 15.1. The van der Waals surface area contributed by atoms with Crippen LogP contribution in [-0.2, 0) is 0 Å². The van der Waals surface area contributed by atoms with Crippen molar-refractivity contribution in [3.8, 4) is 0 Å². The molecule has 0 bridgehead atoms. The maximum absolute atomic E-state index is 12.9. The molecule has 7 heteroatoms. The van der Waals surface area contributed by atoms with Gasteiger partial charge >= 0.3 is 6.03 Å². The van der Waals surface area contributed by atoms with E-state index in [9.17, 15) is 9.18 Å². The molecule has 5 nitrogen and oxygen atoms in total. The fraction of sp³-hybridized carbons (Fsp3) is 0.389. The highest BCUT2D eigenvalue weighted by Crippen LogP contribution is 2.23. The van der Waals surface area contributed by atoms with Gasteiger partial charge in [0, 0.05) is 38.4 Å². The quantitative estimate of drug-likeness (QED) is 0.860. The summed E-state index contributed by atoms with van der Waals surface area (Å²) in [5.74, 6) is -0.321. The number of carbonyl (C=O) groups is 1. The van der Waals surface area contributed by atoms with Crippen LogP contribution < -0.4 is 10.6 Å². The molecule has 1 fully saturated rings. The van der Waals surface area contributed by atoms with E-state index in [1.54, 1.807) is 23.5 Å². The Bertz CT molecular complexity index is 669.